The number of hydrogen-bond acceptors (Lipinski definition) is 4. The normalized spacial score (nSPS) is 11.0. The summed E-state index contributed by atoms with van der Waals surface area (Å²) in [7, 11) is 0.433. The second kappa shape index (κ2) is 10.0. The Morgan fingerprint density at radius 1 is 0.926 bits per heavy atom. The first-order valence-electron chi connectivity index (χ1n) is 8.67. The topological polar surface area (TPSA) is 77.0 Å². The molecule has 2 aromatic carbocycles. The number of aliphatic hydroxyl groups is 1. The van der Waals surface area contributed by atoms with Gasteiger partial charge in [-0.05, 0) is 54.3 Å². The summed E-state index contributed by atoms with van der Waals surface area (Å²) in [5, 5.41) is 26.1. The molecule has 0 heterocycles. The summed E-state index contributed by atoms with van der Waals surface area (Å²) in [5.41, 5.74) is 2.75. The van der Waals surface area contributed by atoms with E-state index in [2.05, 4.69) is 26.8 Å². The molecule has 4 nitrogen and oxygen atoms in total. The SMILES string of the molecule is CC(C)(C)[Si]OC(C)(C)c1cccc(C#N)c1.N#Cc1cccc(CO)c1. The van der Waals surface area contributed by atoms with Gasteiger partial charge in [0.25, 0.3) is 0 Å². The fraction of sp³-hybridized carbons (Fsp3) is 0.364. The van der Waals surface area contributed by atoms with Crippen LogP contribution in [0.3, 0.4) is 0 Å². The molecule has 2 radical (unpaired) electrons. The van der Waals surface area contributed by atoms with E-state index < -0.39 is 0 Å². The monoisotopic (exact) mass is 378 g/mol. The quantitative estimate of drug-likeness (QED) is 0.782. The highest BCUT2D eigenvalue weighted by Gasteiger charge is 2.25. The number of hydrogen-bond donors (Lipinski definition) is 1. The van der Waals surface area contributed by atoms with E-state index in [0.717, 1.165) is 11.1 Å². The predicted molar refractivity (Wildman–Crippen MR) is 108 cm³/mol. The molecule has 0 aromatic heterocycles. The average Bonchev–Trinajstić information content (AvgIpc) is 2.66. The highest BCUT2D eigenvalue weighted by atomic mass is 28.2. The lowest BCUT2D eigenvalue weighted by Gasteiger charge is -2.29. The number of aliphatic hydroxyl groups excluding tert-OH is 1. The molecule has 0 aliphatic heterocycles. The largest absolute Gasteiger partial charge is 0.408 e. The summed E-state index contributed by atoms with van der Waals surface area (Å²) >= 11 is 0. The molecule has 2 aromatic rings. The summed E-state index contributed by atoms with van der Waals surface area (Å²) in [6, 6.07) is 18.7. The van der Waals surface area contributed by atoms with Crippen LogP contribution >= 0.6 is 0 Å². The van der Waals surface area contributed by atoms with Crippen molar-refractivity contribution in [2.24, 2.45) is 0 Å². The van der Waals surface area contributed by atoms with Crippen LogP contribution in [0.15, 0.2) is 48.5 Å². The Balaban J connectivity index is 0.000000309. The molecule has 0 saturated carbocycles. The van der Waals surface area contributed by atoms with Gasteiger partial charge >= 0.3 is 0 Å². The maximum absolute atomic E-state index is 8.90. The van der Waals surface area contributed by atoms with E-state index >= 15 is 0 Å². The lowest BCUT2D eigenvalue weighted by atomic mass is 9.97. The molecule has 0 spiro atoms. The molecule has 0 aliphatic carbocycles. The van der Waals surface area contributed by atoms with Gasteiger partial charge in [0.15, 0.2) is 0 Å². The van der Waals surface area contributed by atoms with E-state index in [0.29, 0.717) is 20.9 Å². The molecule has 1 N–H and O–H groups in total. The minimum atomic E-state index is -0.349. The third-order valence-electron chi connectivity index (χ3n) is 3.54. The van der Waals surface area contributed by atoms with Crippen LogP contribution in [0.1, 0.15) is 56.9 Å². The van der Waals surface area contributed by atoms with Crippen molar-refractivity contribution in [3.05, 3.63) is 70.8 Å². The fourth-order valence-electron chi connectivity index (χ4n) is 2.04. The zero-order valence-electron chi connectivity index (χ0n) is 16.6. The van der Waals surface area contributed by atoms with Crippen LogP contribution < -0.4 is 0 Å². The summed E-state index contributed by atoms with van der Waals surface area (Å²) in [6.07, 6.45) is 0. The van der Waals surface area contributed by atoms with Crippen molar-refractivity contribution in [1.29, 1.82) is 10.5 Å². The zero-order valence-corrected chi connectivity index (χ0v) is 17.6. The van der Waals surface area contributed by atoms with Crippen molar-refractivity contribution in [3.63, 3.8) is 0 Å². The average molecular weight is 379 g/mol. The van der Waals surface area contributed by atoms with Crippen LogP contribution in [0.2, 0.25) is 5.04 Å². The molecule has 0 bridgehead atoms. The van der Waals surface area contributed by atoms with Gasteiger partial charge in [0, 0.05) is 0 Å². The van der Waals surface area contributed by atoms with Crippen molar-refractivity contribution >= 4 is 9.76 Å². The van der Waals surface area contributed by atoms with E-state index in [-0.39, 0.29) is 17.2 Å². The number of nitrogens with zero attached hydrogens (tertiary/aromatic N) is 2. The summed E-state index contributed by atoms with van der Waals surface area (Å²) in [4.78, 5) is 0. The van der Waals surface area contributed by atoms with Crippen LogP contribution in [-0.4, -0.2) is 14.9 Å². The smallest absolute Gasteiger partial charge is 0.236 e. The van der Waals surface area contributed by atoms with Gasteiger partial charge in [-0.15, -0.1) is 0 Å². The molecule has 0 amide bonds. The molecule has 0 saturated heterocycles. The standard InChI is InChI=1S/C14H19NOSi.C8H7NO/c1-13(2,3)17-16-14(4,5)12-8-6-7-11(9-12)10-15;9-5-7-2-1-3-8(4-7)6-10/h6-9H,1-5H3;1-4,10H,6H2. The van der Waals surface area contributed by atoms with E-state index in [1.807, 2.05) is 44.2 Å². The third kappa shape index (κ3) is 8.19. The number of benzene rings is 2. The minimum Gasteiger partial charge on any atom is -0.408 e. The molecule has 0 unspecified atom stereocenters. The van der Waals surface area contributed by atoms with Gasteiger partial charge in [0.1, 0.15) is 0 Å². The molecule has 0 fully saturated rings. The minimum absolute atomic E-state index is 0.00444. The summed E-state index contributed by atoms with van der Waals surface area (Å²) < 4.78 is 6.00. The Bertz CT molecular complexity index is 827. The van der Waals surface area contributed by atoms with Crippen molar-refractivity contribution < 1.29 is 9.53 Å². The lowest BCUT2D eigenvalue weighted by Crippen LogP contribution is -2.27. The molecule has 0 aliphatic rings. The van der Waals surface area contributed by atoms with Gasteiger partial charge in [-0.3, -0.25) is 0 Å². The van der Waals surface area contributed by atoms with E-state index in [1.165, 1.54) is 0 Å². The third-order valence-corrected chi connectivity index (χ3v) is 4.76. The van der Waals surface area contributed by atoms with Crippen molar-refractivity contribution in [2.75, 3.05) is 0 Å². The number of nitriles is 2. The van der Waals surface area contributed by atoms with Gasteiger partial charge in [-0.1, -0.05) is 45.0 Å². The predicted octanol–water partition coefficient (Wildman–Crippen LogP) is 4.70. The lowest BCUT2D eigenvalue weighted by molar-refractivity contribution is 0.109. The van der Waals surface area contributed by atoms with Gasteiger partial charge < -0.3 is 9.53 Å². The van der Waals surface area contributed by atoms with Crippen molar-refractivity contribution in [1.82, 2.24) is 0 Å². The Kier molecular flexibility index (Phi) is 8.40. The molecular formula is C22H26N2O2Si. The molecular weight excluding hydrogens is 352 g/mol. The first kappa shape index (κ1) is 22.6. The van der Waals surface area contributed by atoms with Gasteiger partial charge in [0.2, 0.25) is 9.76 Å². The second-order valence-corrected chi connectivity index (χ2v) is 9.54. The maximum atomic E-state index is 8.90. The number of rotatable bonds is 4. The van der Waals surface area contributed by atoms with Crippen LogP contribution in [0.5, 0.6) is 0 Å². The summed E-state index contributed by atoms with van der Waals surface area (Å²) in [5.74, 6) is 0. The first-order valence-corrected chi connectivity index (χ1v) is 9.58. The maximum Gasteiger partial charge on any atom is 0.236 e. The van der Waals surface area contributed by atoms with Crippen LogP contribution in [0.25, 0.3) is 0 Å². The van der Waals surface area contributed by atoms with E-state index in [4.69, 9.17) is 20.1 Å². The molecule has 27 heavy (non-hydrogen) atoms. The molecule has 0 atom stereocenters. The summed E-state index contributed by atoms with van der Waals surface area (Å²) in [6.45, 7) is 10.6. The Labute approximate surface area is 165 Å². The van der Waals surface area contributed by atoms with Crippen LogP contribution in [-0.2, 0) is 16.6 Å². The molecule has 2 rings (SSSR count). The zero-order chi connectivity index (χ0) is 20.5. The van der Waals surface area contributed by atoms with Gasteiger partial charge in [-0.2, -0.15) is 10.5 Å². The first-order chi connectivity index (χ1) is 12.6. The molecule has 5 heteroatoms. The van der Waals surface area contributed by atoms with Crippen molar-refractivity contribution in [3.8, 4) is 12.1 Å². The Morgan fingerprint density at radius 2 is 1.48 bits per heavy atom. The molecule has 140 valence electrons. The fourth-order valence-corrected chi connectivity index (χ4v) is 2.72. The van der Waals surface area contributed by atoms with Crippen LogP contribution in [0, 0.1) is 22.7 Å². The second-order valence-electron chi connectivity index (χ2n) is 7.63. The Morgan fingerprint density at radius 3 is 2.00 bits per heavy atom. The Hall–Kier alpha value is -2.44. The van der Waals surface area contributed by atoms with Crippen molar-refractivity contribution in [2.45, 2.75) is 51.9 Å². The highest BCUT2D eigenvalue weighted by molar-refractivity contribution is 6.31. The van der Waals surface area contributed by atoms with E-state index in [1.54, 1.807) is 24.3 Å². The highest BCUT2D eigenvalue weighted by Crippen LogP contribution is 2.29. The van der Waals surface area contributed by atoms with Gasteiger partial charge in [0.05, 0.1) is 35.5 Å². The van der Waals surface area contributed by atoms with E-state index in [9.17, 15) is 0 Å². The van der Waals surface area contributed by atoms with Crippen LogP contribution in [0.4, 0.5) is 0 Å². The van der Waals surface area contributed by atoms with Gasteiger partial charge in [-0.25, -0.2) is 0 Å².